The second-order valence-electron chi connectivity index (χ2n) is 13.0. The second-order valence-corrected chi connectivity index (χ2v) is 13.0. The van der Waals surface area contributed by atoms with E-state index in [1.54, 1.807) is 31.3 Å². The zero-order valence-electron chi connectivity index (χ0n) is 27.8. The van der Waals surface area contributed by atoms with Crippen LogP contribution < -0.4 is 25.8 Å². The highest BCUT2D eigenvalue weighted by molar-refractivity contribution is 5.94. The van der Waals surface area contributed by atoms with Gasteiger partial charge in [0, 0.05) is 26.4 Å². The Hall–Kier alpha value is -4.25. The molecule has 256 valence electrons. The molecule has 2 aliphatic carbocycles. The molecule has 2 aromatic rings. The number of phenols is 2. The maximum atomic E-state index is 12.9. The molecule has 2 aromatic carbocycles. The highest BCUT2D eigenvalue weighted by Crippen LogP contribution is 2.50. The van der Waals surface area contributed by atoms with Gasteiger partial charge in [0.15, 0.2) is 34.7 Å². The maximum Gasteiger partial charge on any atom is 0.303 e. The Morgan fingerprint density at radius 2 is 1.87 bits per heavy atom. The minimum Gasteiger partial charge on any atom is -0.504 e. The van der Waals surface area contributed by atoms with Crippen LogP contribution in [0.2, 0.25) is 0 Å². The minimum atomic E-state index is -0.802. The number of carbonyl (C=O) groups is 2. The molecule has 7 N–H and O–H groups in total. The van der Waals surface area contributed by atoms with E-state index in [0.29, 0.717) is 55.8 Å². The van der Waals surface area contributed by atoms with Gasteiger partial charge in [0.05, 0.1) is 12.8 Å². The lowest BCUT2D eigenvalue weighted by molar-refractivity contribution is -0.137. The lowest BCUT2D eigenvalue weighted by Crippen LogP contribution is -2.43. The first kappa shape index (κ1) is 35.6. The summed E-state index contributed by atoms with van der Waals surface area (Å²) in [6.45, 7) is 0.550. The Morgan fingerprint density at radius 1 is 1.11 bits per heavy atom. The Bertz CT molecular complexity index is 1470. The number of aryl methyl sites for hydroxylation is 1. The van der Waals surface area contributed by atoms with Crippen molar-refractivity contribution in [3.05, 3.63) is 53.6 Å². The van der Waals surface area contributed by atoms with E-state index in [0.717, 1.165) is 49.7 Å². The van der Waals surface area contributed by atoms with Gasteiger partial charge in [0.2, 0.25) is 0 Å². The molecular weight excluding hydrogens is 600 g/mol. The molecule has 0 radical (unpaired) electrons. The summed E-state index contributed by atoms with van der Waals surface area (Å²) >= 11 is 0. The van der Waals surface area contributed by atoms with Crippen LogP contribution in [0.5, 0.6) is 23.0 Å². The van der Waals surface area contributed by atoms with Gasteiger partial charge >= 0.3 is 5.97 Å². The fourth-order valence-electron chi connectivity index (χ4n) is 7.20. The van der Waals surface area contributed by atoms with Gasteiger partial charge in [-0.1, -0.05) is 25.0 Å². The van der Waals surface area contributed by atoms with Gasteiger partial charge in [0.25, 0.3) is 0 Å². The summed E-state index contributed by atoms with van der Waals surface area (Å²) in [6.07, 6.45) is 12.0. The zero-order valence-corrected chi connectivity index (χ0v) is 27.8. The van der Waals surface area contributed by atoms with Crippen LogP contribution in [0.1, 0.15) is 81.8 Å². The fraction of sp³-hybridized carbons (Fsp3) is 0.528. The minimum absolute atomic E-state index is 0.0156. The maximum absolute atomic E-state index is 12.9. The van der Waals surface area contributed by atoms with Crippen LogP contribution in [0.3, 0.4) is 0 Å². The van der Waals surface area contributed by atoms with E-state index in [4.69, 9.17) is 15.2 Å². The molecule has 2 atom stereocenters. The van der Waals surface area contributed by atoms with Crippen LogP contribution in [0.25, 0.3) is 0 Å². The number of guanidine groups is 1. The number of carboxylic acids is 1. The Morgan fingerprint density at radius 3 is 2.55 bits per heavy atom. The van der Waals surface area contributed by atoms with Gasteiger partial charge in [-0.3, -0.25) is 14.6 Å². The summed E-state index contributed by atoms with van der Waals surface area (Å²) in [7, 11) is 4.92. The molecule has 4 rings (SSSR count). The summed E-state index contributed by atoms with van der Waals surface area (Å²) in [4.78, 5) is 28.1. The summed E-state index contributed by atoms with van der Waals surface area (Å²) in [5.41, 5.74) is 7.47. The predicted molar refractivity (Wildman–Crippen MR) is 183 cm³/mol. The van der Waals surface area contributed by atoms with Crippen molar-refractivity contribution >= 4 is 23.4 Å². The molecule has 0 aliphatic heterocycles. The third kappa shape index (κ3) is 9.18. The molecule has 2 aliphatic rings. The molecule has 11 nitrogen and oxygen atoms in total. The number of allylic oxidation sites excluding steroid dienone is 2. The fourth-order valence-corrected chi connectivity index (χ4v) is 7.20. The van der Waals surface area contributed by atoms with Gasteiger partial charge < -0.3 is 41.2 Å². The monoisotopic (exact) mass is 650 g/mol. The van der Waals surface area contributed by atoms with Crippen molar-refractivity contribution in [1.29, 1.82) is 0 Å². The van der Waals surface area contributed by atoms with Crippen LogP contribution in [0.15, 0.2) is 47.5 Å². The van der Waals surface area contributed by atoms with Gasteiger partial charge in [-0.25, -0.2) is 0 Å². The molecule has 2 saturated carbocycles. The van der Waals surface area contributed by atoms with Gasteiger partial charge in [-0.05, 0) is 111 Å². The van der Waals surface area contributed by atoms with Crippen LogP contribution in [-0.2, 0) is 21.4 Å². The van der Waals surface area contributed by atoms with E-state index >= 15 is 0 Å². The third-order valence-corrected chi connectivity index (χ3v) is 9.73. The average molecular weight is 651 g/mol. The lowest BCUT2D eigenvalue weighted by Gasteiger charge is -2.34. The molecule has 0 heterocycles. The van der Waals surface area contributed by atoms with E-state index in [2.05, 4.69) is 15.6 Å². The molecular formula is C36H50N4O7. The first-order chi connectivity index (χ1) is 22.5. The number of hydrogen-bond acceptors (Lipinski definition) is 8. The van der Waals surface area contributed by atoms with Crippen LogP contribution in [0.4, 0.5) is 5.69 Å². The number of aromatic hydroxyl groups is 2. The van der Waals surface area contributed by atoms with Crippen molar-refractivity contribution < 1.29 is 34.4 Å². The topological polar surface area (TPSA) is 176 Å². The van der Waals surface area contributed by atoms with E-state index in [1.165, 1.54) is 7.11 Å². The number of nitrogens with two attached hydrogens (primary N) is 1. The second kappa shape index (κ2) is 16.0. The van der Waals surface area contributed by atoms with Crippen molar-refractivity contribution in [3.63, 3.8) is 0 Å². The van der Waals surface area contributed by atoms with Crippen molar-refractivity contribution in [3.8, 4) is 23.0 Å². The number of aliphatic imine (C=N–C) groups is 1. The van der Waals surface area contributed by atoms with Crippen molar-refractivity contribution in [1.82, 2.24) is 5.32 Å². The molecule has 0 saturated heterocycles. The number of ketones is 1. The van der Waals surface area contributed by atoms with E-state index in [1.807, 2.05) is 25.3 Å². The third-order valence-electron chi connectivity index (χ3n) is 9.73. The number of hydrogen-bond donors (Lipinski definition) is 6. The summed E-state index contributed by atoms with van der Waals surface area (Å²) < 4.78 is 11.9. The lowest BCUT2D eigenvalue weighted by atomic mass is 9.75. The number of ether oxygens (including phenoxy) is 2. The highest BCUT2D eigenvalue weighted by Gasteiger charge is 2.42. The molecule has 47 heavy (non-hydrogen) atoms. The smallest absolute Gasteiger partial charge is 0.303 e. The average Bonchev–Trinajstić information content (AvgIpc) is 3.69. The molecule has 0 unspecified atom stereocenters. The molecule has 0 spiro atoms. The number of methoxy groups -OCH3 is 1. The van der Waals surface area contributed by atoms with Crippen LogP contribution >= 0.6 is 0 Å². The molecule has 0 bridgehead atoms. The molecule has 2 fully saturated rings. The number of aliphatic carboxylic acids is 1. The van der Waals surface area contributed by atoms with Crippen molar-refractivity contribution in [2.24, 2.45) is 16.6 Å². The number of anilines is 1. The summed E-state index contributed by atoms with van der Waals surface area (Å²) in [5.74, 6) is 0.314. The SMILES string of the molecule is CN=C(N)Nc1cc(C2(C/C=C/C(=O)CCc3ccc(O)c(OC)c3)CCCC2)cc(O[C@]2(CNC)CC[C@H](CCC(=O)O)C2)c1O. The Labute approximate surface area is 277 Å². The number of nitrogens with one attached hydrogen (secondary N) is 2. The van der Waals surface area contributed by atoms with Gasteiger partial charge in [-0.2, -0.15) is 0 Å². The zero-order chi connectivity index (χ0) is 34.0. The first-order valence-electron chi connectivity index (χ1n) is 16.5. The predicted octanol–water partition coefficient (Wildman–Crippen LogP) is 5.42. The van der Waals surface area contributed by atoms with Gasteiger partial charge in [-0.15, -0.1) is 0 Å². The molecule has 0 aromatic heterocycles. The Balaban J connectivity index is 1.57. The van der Waals surface area contributed by atoms with E-state index in [9.17, 15) is 24.9 Å². The number of likely N-dealkylation sites (N-methyl/N-ethyl adjacent to an activating group) is 1. The van der Waals surface area contributed by atoms with E-state index in [-0.39, 0.29) is 41.0 Å². The summed E-state index contributed by atoms with van der Waals surface area (Å²) in [5, 5.41) is 36.8. The molecule has 0 amide bonds. The number of benzene rings is 2. The number of phenolic OH excluding ortho intramolecular Hbond substituents is 2. The van der Waals surface area contributed by atoms with Gasteiger partial charge in [0.1, 0.15) is 5.60 Å². The number of rotatable bonds is 16. The number of carboxylic acid groups (broad SMARTS) is 1. The van der Waals surface area contributed by atoms with Crippen molar-refractivity contribution in [2.75, 3.05) is 33.1 Å². The first-order valence-corrected chi connectivity index (χ1v) is 16.5. The normalized spacial score (nSPS) is 20.8. The molecule has 11 heteroatoms. The summed E-state index contributed by atoms with van der Waals surface area (Å²) in [6, 6.07) is 8.95. The van der Waals surface area contributed by atoms with E-state index < -0.39 is 11.6 Å². The standard InChI is InChI=1S/C36H50N4O7/c1-38-23-36(18-14-25(22-36)10-13-32(43)44)47-31-21-26(20-28(33(31)45)40-34(37)39-2)35(15-4-5-16-35)17-6-7-27(41)11-8-24-9-12-29(42)30(19-24)46-3/h6-7,9,12,19-21,25,38,42,45H,4-5,8,10-11,13-18,22-23H2,1-3H3,(H,43,44)(H3,37,39,40)/b7-6+/t25-,36+/m0/s1. The Kier molecular flexibility index (Phi) is 12.1. The number of carbonyl (C=O) groups excluding carboxylic acids is 1. The van der Waals surface area contributed by atoms with Crippen molar-refractivity contribution in [2.45, 2.75) is 88.1 Å². The van der Waals surface area contributed by atoms with Crippen LogP contribution in [-0.4, -0.2) is 66.4 Å². The highest BCUT2D eigenvalue weighted by atomic mass is 16.5. The number of nitrogens with zero attached hydrogens (tertiary/aromatic N) is 1. The largest absolute Gasteiger partial charge is 0.504 e. The quantitative estimate of drug-likeness (QED) is 0.0595. The van der Waals surface area contributed by atoms with Crippen LogP contribution in [0, 0.1) is 5.92 Å².